The van der Waals surface area contributed by atoms with E-state index in [9.17, 15) is 9.18 Å². The summed E-state index contributed by atoms with van der Waals surface area (Å²) < 4.78 is 25.0. The van der Waals surface area contributed by atoms with Gasteiger partial charge in [-0.25, -0.2) is 4.39 Å². The van der Waals surface area contributed by atoms with Crippen LogP contribution in [0.2, 0.25) is 0 Å². The van der Waals surface area contributed by atoms with E-state index in [1.807, 2.05) is 47.5 Å². The maximum atomic E-state index is 13.2. The van der Waals surface area contributed by atoms with Gasteiger partial charge in [-0.3, -0.25) is 9.78 Å². The van der Waals surface area contributed by atoms with Crippen LogP contribution >= 0.6 is 0 Å². The minimum absolute atomic E-state index is 0.0334. The molecule has 6 heteroatoms. The fourth-order valence-corrected chi connectivity index (χ4v) is 4.96. The summed E-state index contributed by atoms with van der Waals surface area (Å²) in [6.07, 6.45) is 5.81. The van der Waals surface area contributed by atoms with Crippen LogP contribution in [0, 0.1) is 11.2 Å². The Balaban J connectivity index is 1.14. The molecule has 2 fully saturated rings. The molecule has 176 valence electrons. The molecule has 0 bridgehead atoms. The number of pyridine rings is 1. The molecular weight excluding hydrogens is 431 g/mol. The third-order valence-electron chi connectivity index (χ3n) is 6.96. The highest BCUT2D eigenvalue weighted by Crippen LogP contribution is 2.42. The Morgan fingerprint density at radius 1 is 1.09 bits per heavy atom. The van der Waals surface area contributed by atoms with Crippen LogP contribution in [0.1, 0.15) is 40.9 Å². The summed E-state index contributed by atoms with van der Waals surface area (Å²) >= 11 is 0. The number of rotatable bonds is 6. The van der Waals surface area contributed by atoms with Crippen molar-refractivity contribution < 1.29 is 18.7 Å². The first-order valence-electron chi connectivity index (χ1n) is 11.9. The van der Waals surface area contributed by atoms with Crippen LogP contribution < -0.4 is 4.74 Å². The average molecular weight is 461 g/mol. The van der Waals surface area contributed by atoms with Crippen molar-refractivity contribution in [2.24, 2.45) is 5.41 Å². The zero-order valence-electron chi connectivity index (χ0n) is 19.2. The maximum absolute atomic E-state index is 13.2. The van der Waals surface area contributed by atoms with Gasteiger partial charge in [-0.2, -0.15) is 0 Å². The summed E-state index contributed by atoms with van der Waals surface area (Å²) in [6.45, 7) is 2.56. The molecule has 2 aliphatic heterocycles. The Bertz CT molecular complexity index is 1110. The van der Waals surface area contributed by atoms with Crippen LogP contribution in [0.5, 0.6) is 5.75 Å². The normalized spacial score (nSPS) is 19.3. The van der Waals surface area contributed by atoms with Crippen molar-refractivity contribution >= 4 is 5.91 Å². The lowest BCUT2D eigenvalue weighted by atomic mass is 9.76. The van der Waals surface area contributed by atoms with Gasteiger partial charge in [0.15, 0.2) is 0 Å². The van der Waals surface area contributed by atoms with Gasteiger partial charge < -0.3 is 14.4 Å². The largest absolute Gasteiger partial charge is 0.489 e. The molecule has 3 aromatic rings. The lowest BCUT2D eigenvalue weighted by Gasteiger charge is -2.38. The van der Waals surface area contributed by atoms with Crippen LogP contribution in [0.25, 0.3) is 0 Å². The number of hydrogen-bond donors (Lipinski definition) is 0. The molecule has 1 amide bonds. The first-order chi connectivity index (χ1) is 16.6. The van der Waals surface area contributed by atoms with Crippen molar-refractivity contribution in [1.82, 2.24) is 9.88 Å². The Morgan fingerprint density at radius 2 is 1.91 bits per heavy atom. The van der Waals surface area contributed by atoms with E-state index in [-0.39, 0.29) is 23.2 Å². The number of likely N-dealkylation sites (tertiary alicyclic amines) is 1. The Hall–Kier alpha value is -3.25. The smallest absolute Gasteiger partial charge is 0.253 e. The zero-order valence-corrected chi connectivity index (χ0v) is 19.2. The van der Waals surface area contributed by atoms with Crippen LogP contribution in [-0.4, -0.2) is 41.6 Å². The number of piperidine rings is 1. The van der Waals surface area contributed by atoms with Crippen molar-refractivity contribution in [3.63, 3.8) is 0 Å². The van der Waals surface area contributed by atoms with E-state index in [4.69, 9.17) is 9.47 Å². The molecule has 0 aliphatic carbocycles. The number of amides is 1. The van der Waals surface area contributed by atoms with Crippen LogP contribution in [0.3, 0.4) is 0 Å². The van der Waals surface area contributed by atoms with Gasteiger partial charge in [0.05, 0.1) is 12.7 Å². The number of aromatic nitrogens is 1. The second-order valence-corrected chi connectivity index (χ2v) is 9.40. The maximum Gasteiger partial charge on any atom is 0.253 e. The molecule has 34 heavy (non-hydrogen) atoms. The number of hydrogen-bond acceptors (Lipinski definition) is 4. The van der Waals surface area contributed by atoms with E-state index in [1.54, 1.807) is 18.2 Å². The van der Waals surface area contributed by atoms with Gasteiger partial charge in [0.2, 0.25) is 0 Å². The average Bonchev–Trinajstić information content (AvgIpc) is 3.26. The van der Waals surface area contributed by atoms with E-state index >= 15 is 0 Å². The van der Waals surface area contributed by atoms with Gasteiger partial charge >= 0.3 is 0 Å². The van der Waals surface area contributed by atoms with Gasteiger partial charge in [-0.05, 0) is 72.7 Å². The summed E-state index contributed by atoms with van der Waals surface area (Å²) in [4.78, 5) is 19.5. The predicted octanol–water partition coefficient (Wildman–Crippen LogP) is 5.05. The Kier molecular flexibility index (Phi) is 6.59. The van der Waals surface area contributed by atoms with Crippen molar-refractivity contribution in [2.75, 3.05) is 19.7 Å². The standard InChI is InChI=1S/C28H29FN2O3/c29-23-9-7-21(8-10-23)19-33-25-6-3-4-22(16-25)27(32)31-14-11-28(12-15-31)18-26(34-20-28)17-24-5-1-2-13-30-24/h1-10,13,16,26H,11-12,14-15,17-20H2/t26-/m0/s1. The van der Waals surface area contributed by atoms with Crippen molar-refractivity contribution in [2.45, 2.75) is 38.4 Å². The number of ether oxygens (including phenoxy) is 2. The fourth-order valence-electron chi connectivity index (χ4n) is 4.96. The van der Waals surface area contributed by atoms with Gasteiger partial charge in [-0.15, -0.1) is 0 Å². The number of nitrogens with zero attached hydrogens (tertiary/aromatic N) is 2. The fraction of sp³-hybridized carbons (Fsp3) is 0.357. The molecule has 1 aromatic heterocycles. The molecule has 2 aliphatic rings. The Labute approximate surface area is 199 Å². The molecular formula is C28H29FN2O3. The van der Waals surface area contributed by atoms with E-state index in [1.165, 1.54) is 12.1 Å². The summed E-state index contributed by atoms with van der Waals surface area (Å²) in [5, 5.41) is 0. The second kappa shape index (κ2) is 9.94. The summed E-state index contributed by atoms with van der Waals surface area (Å²) in [6, 6.07) is 19.5. The Morgan fingerprint density at radius 3 is 2.68 bits per heavy atom. The van der Waals surface area contributed by atoms with E-state index in [0.717, 1.165) is 56.6 Å². The molecule has 2 aromatic carbocycles. The van der Waals surface area contributed by atoms with Crippen LogP contribution in [-0.2, 0) is 17.8 Å². The third-order valence-corrected chi connectivity index (χ3v) is 6.96. The SMILES string of the molecule is O=C(c1cccc(OCc2ccc(F)cc2)c1)N1CCC2(CC1)CO[C@@H](Cc1ccccn1)C2. The van der Waals surface area contributed by atoms with Gasteiger partial charge in [0.1, 0.15) is 18.2 Å². The minimum atomic E-state index is -0.271. The van der Waals surface area contributed by atoms with Crippen LogP contribution in [0.15, 0.2) is 72.9 Å². The van der Waals surface area contributed by atoms with Crippen molar-refractivity contribution in [3.8, 4) is 5.75 Å². The number of halogens is 1. The monoisotopic (exact) mass is 460 g/mol. The van der Waals surface area contributed by atoms with Crippen molar-refractivity contribution in [3.05, 3.63) is 95.6 Å². The summed E-state index contributed by atoms with van der Waals surface area (Å²) in [7, 11) is 0. The highest BCUT2D eigenvalue weighted by atomic mass is 19.1. The molecule has 2 saturated heterocycles. The zero-order chi connectivity index (χ0) is 23.4. The first-order valence-corrected chi connectivity index (χ1v) is 11.9. The molecule has 0 saturated carbocycles. The van der Waals surface area contributed by atoms with E-state index in [2.05, 4.69) is 4.98 Å². The van der Waals surface area contributed by atoms with Gasteiger partial charge in [0, 0.05) is 37.0 Å². The quantitative estimate of drug-likeness (QED) is 0.516. The first kappa shape index (κ1) is 22.5. The highest BCUT2D eigenvalue weighted by Gasteiger charge is 2.43. The van der Waals surface area contributed by atoms with Crippen molar-refractivity contribution in [1.29, 1.82) is 0 Å². The lowest BCUT2D eigenvalue weighted by Crippen LogP contribution is -2.43. The van der Waals surface area contributed by atoms with E-state index in [0.29, 0.717) is 17.9 Å². The third kappa shape index (κ3) is 5.28. The molecule has 5 rings (SSSR count). The number of carbonyl (C=O) groups is 1. The van der Waals surface area contributed by atoms with E-state index < -0.39 is 0 Å². The topological polar surface area (TPSA) is 51.7 Å². The molecule has 5 nitrogen and oxygen atoms in total. The molecule has 0 N–H and O–H groups in total. The van der Waals surface area contributed by atoms with Gasteiger partial charge in [-0.1, -0.05) is 24.3 Å². The van der Waals surface area contributed by atoms with Gasteiger partial charge in [0.25, 0.3) is 5.91 Å². The minimum Gasteiger partial charge on any atom is -0.489 e. The predicted molar refractivity (Wildman–Crippen MR) is 127 cm³/mol. The number of benzene rings is 2. The second-order valence-electron chi connectivity index (χ2n) is 9.40. The molecule has 1 spiro atoms. The molecule has 3 heterocycles. The summed E-state index contributed by atoms with van der Waals surface area (Å²) in [5.74, 6) is 0.392. The number of carbonyl (C=O) groups excluding carboxylic acids is 1. The molecule has 1 atom stereocenters. The lowest BCUT2D eigenvalue weighted by molar-refractivity contribution is 0.0495. The molecule has 0 unspecified atom stereocenters. The highest BCUT2D eigenvalue weighted by molar-refractivity contribution is 5.94. The summed E-state index contributed by atoms with van der Waals surface area (Å²) in [5.41, 5.74) is 2.73. The molecule has 0 radical (unpaired) electrons. The van der Waals surface area contributed by atoms with Crippen LogP contribution in [0.4, 0.5) is 4.39 Å².